The molecule has 0 aliphatic rings. The van der Waals surface area contributed by atoms with Crippen molar-refractivity contribution in [2.24, 2.45) is 0 Å². The van der Waals surface area contributed by atoms with E-state index in [1.54, 1.807) is 17.4 Å². The van der Waals surface area contributed by atoms with Crippen LogP contribution in [-0.4, -0.2) is 5.91 Å². The normalized spacial score (nSPS) is 10.1. The van der Waals surface area contributed by atoms with Gasteiger partial charge in [0.2, 0.25) is 0 Å². The average molecular weight is 361 g/mol. The number of carbonyl (C=O) groups excluding carboxylic acids is 1. The van der Waals surface area contributed by atoms with Crippen molar-refractivity contribution < 1.29 is 4.79 Å². The maximum Gasteiger partial charge on any atom is 0.256 e. The van der Waals surface area contributed by atoms with Crippen LogP contribution in [0.1, 0.15) is 10.4 Å². The minimum absolute atomic E-state index is 0.113. The summed E-state index contributed by atoms with van der Waals surface area (Å²) >= 11 is 8.26. The molecule has 2 aromatic rings. The predicted octanol–water partition coefficient (Wildman–Crippen LogP) is 4.53. The Hall–Kier alpha value is -0.650. The molecule has 5 heteroatoms. The first-order valence-corrected chi connectivity index (χ1v) is 6.98. The van der Waals surface area contributed by atoms with Gasteiger partial charge in [-0.1, -0.05) is 15.9 Å². The van der Waals surface area contributed by atoms with E-state index in [-0.39, 0.29) is 5.91 Å². The number of rotatable bonds is 2. The third-order valence-electron chi connectivity index (χ3n) is 1.95. The van der Waals surface area contributed by atoms with E-state index >= 15 is 0 Å². The Morgan fingerprint density at radius 3 is 2.69 bits per heavy atom. The average Bonchev–Trinajstić information content (AvgIpc) is 2.70. The Labute approximate surface area is 114 Å². The highest BCUT2D eigenvalue weighted by Crippen LogP contribution is 2.23. The zero-order valence-corrected chi connectivity index (χ0v) is 12.0. The van der Waals surface area contributed by atoms with Gasteiger partial charge >= 0.3 is 0 Å². The molecular formula is C11H7Br2NOS. The fraction of sp³-hybridized carbons (Fsp3) is 0. The maximum absolute atomic E-state index is 11.9. The van der Waals surface area contributed by atoms with Crippen LogP contribution in [0.25, 0.3) is 0 Å². The smallest absolute Gasteiger partial charge is 0.256 e. The molecule has 2 rings (SSSR count). The number of benzene rings is 1. The maximum atomic E-state index is 11.9. The van der Waals surface area contributed by atoms with Gasteiger partial charge < -0.3 is 5.32 Å². The van der Waals surface area contributed by atoms with Gasteiger partial charge in [0.25, 0.3) is 5.91 Å². The van der Waals surface area contributed by atoms with Crippen molar-refractivity contribution >= 4 is 54.8 Å². The van der Waals surface area contributed by atoms with Crippen molar-refractivity contribution in [3.63, 3.8) is 0 Å². The summed E-state index contributed by atoms with van der Waals surface area (Å²) in [4.78, 5) is 11.9. The SMILES string of the molecule is O=C(Nc1ccsc1)c1ccc(Br)cc1Br. The first kappa shape index (κ1) is 11.8. The zero-order chi connectivity index (χ0) is 11.5. The van der Waals surface area contributed by atoms with Crippen LogP contribution in [0.3, 0.4) is 0 Å². The zero-order valence-electron chi connectivity index (χ0n) is 8.04. The first-order chi connectivity index (χ1) is 7.66. The molecule has 1 amide bonds. The molecule has 0 fully saturated rings. The monoisotopic (exact) mass is 359 g/mol. The lowest BCUT2D eigenvalue weighted by Gasteiger charge is -2.05. The highest BCUT2D eigenvalue weighted by molar-refractivity contribution is 9.11. The van der Waals surface area contributed by atoms with Gasteiger partial charge in [-0.05, 0) is 45.6 Å². The Kier molecular flexibility index (Phi) is 3.78. The Balaban J connectivity index is 2.21. The quantitative estimate of drug-likeness (QED) is 0.837. The topological polar surface area (TPSA) is 29.1 Å². The van der Waals surface area contributed by atoms with Gasteiger partial charge in [-0.15, -0.1) is 0 Å². The molecule has 0 bridgehead atoms. The van der Waals surface area contributed by atoms with Crippen molar-refractivity contribution in [3.05, 3.63) is 49.5 Å². The number of halogens is 2. The summed E-state index contributed by atoms with van der Waals surface area (Å²) in [5, 5.41) is 6.64. The van der Waals surface area contributed by atoms with Crippen molar-refractivity contribution in [1.82, 2.24) is 0 Å². The molecule has 16 heavy (non-hydrogen) atoms. The summed E-state index contributed by atoms with van der Waals surface area (Å²) in [6.07, 6.45) is 0. The van der Waals surface area contributed by atoms with Crippen LogP contribution >= 0.6 is 43.2 Å². The number of anilines is 1. The van der Waals surface area contributed by atoms with E-state index < -0.39 is 0 Å². The largest absolute Gasteiger partial charge is 0.321 e. The van der Waals surface area contributed by atoms with E-state index in [4.69, 9.17) is 0 Å². The lowest BCUT2D eigenvalue weighted by Crippen LogP contribution is -2.11. The van der Waals surface area contributed by atoms with Crippen molar-refractivity contribution in [2.75, 3.05) is 5.32 Å². The molecule has 1 N–H and O–H groups in total. The second-order valence-electron chi connectivity index (χ2n) is 3.09. The molecule has 0 atom stereocenters. The molecular weight excluding hydrogens is 354 g/mol. The van der Waals surface area contributed by atoms with Crippen LogP contribution < -0.4 is 5.32 Å². The van der Waals surface area contributed by atoms with Crippen molar-refractivity contribution in [3.8, 4) is 0 Å². The molecule has 2 nitrogen and oxygen atoms in total. The molecule has 1 aromatic carbocycles. The Morgan fingerprint density at radius 1 is 1.25 bits per heavy atom. The molecule has 1 heterocycles. The third kappa shape index (κ3) is 2.72. The fourth-order valence-corrected chi connectivity index (χ4v) is 3.02. The first-order valence-electron chi connectivity index (χ1n) is 4.45. The van der Waals surface area contributed by atoms with Gasteiger partial charge in [0.1, 0.15) is 0 Å². The number of nitrogens with one attached hydrogen (secondary N) is 1. The Bertz CT molecular complexity index is 511. The predicted molar refractivity (Wildman–Crippen MR) is 74.1 cm³/mol. The van der Waals surface area contributed by atoms with Crippen LogP contribution in [-0.2, 0) is 0 Å². The number of thiophene rings is 1. The van der Waals surface area contributed by atoms with Gasteiger partial charge in [-0.2, -0.15) is 11.3 Å². The molecule has 82 valence electrons. The summed E-state index contributed by atoms with van der Waals surface area (Å²) in [6.45, 7) is 0. The lowest BCUT2D eigenvalue weighted by atomic mass is 10.2. The van der Waals surface area contributed by atoms with Crippen molar-refractivity contribution in [1.29, 1.82) is 0 Å². The van der Waals surface area contributed by atoms with Crippen LogP contribution in [0.4, 0.5) is 5.69 Å². The summed E-state index contributed by atoms with van der Waals surface area (Å²) in [6, 6.07) is 7.33. The second kappa shape index (κ2) is 5.12. The van der Waals surface area contributed by atoms with Crippen LogP contribution in [0, 0.1) is 0 Å². The van der Waals surface area contributed by atoms with Gasteiger partial charge in [-0.25, -0.2) is 0 Å². The standard InChI is InChI=1S/C11H7Br2NOS/c12-7-1-2-9(10(13)5-7)11(15)14-8-3-4-16-6-8/h1-6H,(H,14,15). The molecule has 0 radical (unpaired) electrons. The minimum Gasteiger partial charge on any atom is -0.321 e. The summed E-state index contributed by atoms with van der Waals surface area (Å²) in [5.74, 6) is -0.113. The third-order valence-corrected chi connectivity index (χ3v) is 3.79. The number of hydrogen-bond acceptors (Lipinski definition) is 2. The molecule has 0 saturated carbocycles. The van der Waals surface area contributed by atoms with Gasteiger partial charge in [0.15, 0.2) is 0 Å². The van der Waals surface area contributed by atoms with Crippen LogP contribution in [0.2, 0.25) is 0 Å². The van der Waals surface area contributed by atoms with Crippen LogP contribution in [0.5, 0.6) is 0 Å². The van der Waals surface area contributed by atoms with E-state index in [1.807, 2.05) is 29.0 Å². The van der Waals surface area contributed by atoms with Gasteiger partial charge in [0, 0.05) is 14.3 Å². The van der Waals surface area contributed by atoms with E-state index in [0.29, 0.717) is 5.56 Å². The lowest BCUT2D eigenvalue weighted by molar-refractivity contribution is 0.102. The highest BCUT2D eigenvalue weighted by atomic mass is 79.9. The fourth-order valence-electron chi connectivity index (χ4n) is 1.21. The number of carbonyl (C=O) groups is 1. The summed E-state index contributed by atoms with van der Waals surface area (Å²) in [5.41, 5.74) is 1.44. The number of amides is 1. The number of hydrogen-bond donors (Lipinski definition) is 1. The second-order valence-corrected chi connectivity index (χ2v) is 5.64. The minimum atomic E-state index is -0.113. The molecule has 0 aliphatic heterocycles. The Morgan fingerprint density at radius 2 is 2.06 bits per heavy atom. The highest BCUT2D eigenvalue weighted by Gasteiger charge is 2.10. The summed E-state index contributed by atoms with van der Waals surface area (Å²) < 4.78 is 1.71. The van der Waals surface area contributed by atoms with Gasteiger partial charge in [0.05, 0.1) is 11.3 Å². The van der Waals surface area contributed by atoms with E-state index in [0.717, 1.165) is 14.6 Å². The van der Waals surface area contributed by atoms with Gasteiger partial charge in [-0.3, -0.25) is 4.79 Å². The van der Waals surface area contributed by atoms with Crippen molar-refractivity contribution in [2.45, 2.75) is 0 Å². The van der Waals surface area contributed by atoms with E-state index in [2.05, 4.69) is 37.2 Å². The summed E-state index contributed by atoms with van der Waals surface area (Å²) in [7, 11) is 0. The molecule has 0 spiro atoms. The molecule has 1 aromatic heterocycles. The molecule has 0 unspecified atom stereocenters. The molecule has 0 saturated heterocycles. The van der Waals surface area contributed by atoms with E-state index in [1.165, 1.54) is 0 Å². The van der Waals surface area contributed by atoms with Crippen LogP contribution in [0.15, 0.2) is 44.0 Å². The van der Waals surface area contributed by atoms with E-state index in [9.17, 15) is 4.79 Å². The molecule has 0 aliphatic carbocycles.